The van der Waals surface area contributed by atoms with Crippen molar-refractivity contribution in [3.8, 4) is 0 Å². The molecule has 0 amide bonds. The summed E-state index contributed by atoms with van der Waals surface area (Å²) in [6.07, 6.45) is 2.99. The van der Waals surface area contributed by atoms with Crippen LogP contribution in [-0.2, 0) is 6.42 Å². The van der Waals surface area contributed by atoms with E-state index in [0.717, 1.165) is 24.0 Å². The molecule has 0 saturated carbocycles. The molecule has 2 rings (SSSR count). The molecular weight excluding hydrogens is 321 g/mol. The highest BCUT2D eigenvalue weighted by atomic mass is 79.9. The fraction of sp³-hybridized carbons (Fsp3) is 0.533. The molecule has 1 aliphatic heterocycles. The smallest absolute Gasteiger partial charge is 0.191 e. The van der Waals surface area contributed by atoms with E-state index in [4.69, 9.17) is 5.73 Å². The summed E-state index contributed by atoms with van der Waals surface area (Å²) < 4.78 is 14.5. The SMILES string of the molecule is CC1CCCN(C(N)=NCCc2cc(Br)ccc2F)C1. The molecule has 0 bridgehead atoms. The summed E-state index contributed by atoms with van der Waals surface area (Å²) in [6.45, 7) is 4.70. The van der Waals surface area contributed by atoms with Gasteiger partial charge in [-0.1, -0.05) is 22.9 Å². The fourth-order valence-electron chi connectivity index (χ4n) is 2.52. The van der Waals surface area contributed by atoms with E-state index in [1.165, 1.54) is 12.5 Å². The molecule has 20 heavy (non-hydrogen) atoms. The van der Waals surface area contributed by atoms with E-state index < -0.39 is 0 Å². The quantitative estimate of drug-likeness (QED) is 0.677. The number of benzene rings is 1. The average Bonchev–Trinajstić information content (AvgIpc) is 2.42. The monoisotopic (exact) mass is 341 g/mol. The zero-order valence-corrected chi connectivity index (χ0v) is 13.4. The zero-order chi connectivity index (χ0) is 14.5. The molecule has 0 aromatic heterocycles. The number of hydrogen-bond donors (Lipinski definition) is 1. The van der Waals surface area contributed by atoms with Crippen LogP contribution in [0.15, 0.2) is 27.7 Å². The molecule has 1 heterocycles. The Morgan fingerprint density at radius 3 is 3.10 bits per heavy atom. The lowest BCUT2D eigenvalue weighted by atomic mass is 10.0. The highest BCUT2D eigenvalue weighted by Crippen LogP contribution is 2.17. The van der Waals surface area contributed by atoms with Crippen LogP contribution < -0.4 is 5.73 Å². The normalized spacial score (nSPS) is 20.2. The van der Waals surface area contributed by atoms with Gasteiger partial charge in [-0.2, -0.15) is 0 Å². The molecule has 0 spiro atoms. The first-order valence-corrected chi connectivity index (χ1v) is 7.84. The summed E-state index contributed by atoms with van der Waals surface area (Å²) in [5.74, 6) is 1.07. The number of halogens is 2. The number of likely N-dealkylation sites (tertiary alicyclic amines) is 1. The van der Waals surface area contributed by atoms with E-state index in [1.807, 2.05) is 0 Å². The molecule has 1 atom stereocenters. The maximum Gasteiger partial charge on any atom is 0.191 e. The van der Waals surface area contributed by atoms with Crippen molar-refractivity contribution >= 4 is 21.9 Å². The van der Waals surface area contributed by atoms with Crippen LogP contribution in [0.5, 0.6) is 0 Å². The summed E-state index contributed by atoms with van der Waals surface area (Å²) in [4.78, 5) is 6.52. The third-order valence-electron chi connectivity index (χ3n) is 3.64. The lowest BCUT2D eigenvalue weighted by Gasteiger charge is -2.31. The predicted molar refractivity (Wildman–Crippen MR) is 84.3 cm³/mol. The molecule has 110 valence electrons. The van der Waals surface area contributed by atoms with Crippen LogP contribution in [0.2, 0.25) is 0 Å². The van der Waals surface area contributed by atoms with Gasteiger partial charge < -0.3 is 10.6 Å². The summed E-state index contributed by atoms with van der Waals surface area (Å²) in [5, 5.41) is 0. The molecule has 0 radical (unpaired) electrons. The van der Waals surface area contributed by atoms with Gasteiger partial charge in [0.2, 0.25) is 0 Å². The minimum Gasteiger partial charge on any atom is -0.370 e. The van der Waals surface area contributed by atoms with E-state index in [2.05, 4.69) is 32.7 Å². The van der Waals surface area contributed by atoms with Crippen molar-refractivity contribution in [3.05, 3.63) is 34.1 Å². The molecule has 5 heteroatoms. The highest BCUT2D eigenvalue weighted by Gasteiger charge is 2.17. The molecule has 0 aliphatic carbocycles. The van der Waals surface area contributed by atoms with Gasteiger partial charge in [-0.3, -0.25) is 4.99 Å². The van der Waals surface area contributed by atoms with Crippen molar-refractivity contribution in [3.63, 3.8) is 0 Å². The number of piperidine rings is 1. The Labute approximate surface area is 128 Å². The molecule has 1 aromatic carbocycles. The summed E-state index contributed by atoms with van der Waals surface area (Å²) in [5.41, 5.74) is 6.69. The average molecular weight is 342 g/mol. The molecule has 1 aromatic rings. The fourth-order valence-corrected chi connectivity index (χ4v) is 2.93. The van der Waals surface area contributed by atoms with E-state index in [9.17, 15) is 4.39 Å². The second-order valence-electron chi connectivity index (χ2n) is 5.42. The Balaban J connectivity index is 1.90. The number of nitrogens with two attached hydrogens (primary N) is 1. The highest BCUT2D eigenvalue weighted by molar-refractivity contribution is 9.10. The van der Waals surface area contributed by atoms with Crippen LogP contribution in [0, 0.1) is 11.7 Å². The van der Waals surface area contributed by atoms with E-state index in [0.29, 0.717) is 30.4 Å². The topological polar surface area (TPSA) is 41.6 Å². The van der Waals surface area contributed by atoms with E-state index in [1.54, 1.807) is 12.1 Å². The van der Waals surface area contributed by atoms with Crippen molar-refractivity contribution in [2.45, 2.75) is 26.2 Å². The van der Waals surface area contributed by atoms with Gasteiger partial charge in [0, 0.05) is 24.1 Å². The van der Waals surface area contributed by atoms with Gasteiger partial charge in [-0.15, -0.1) is 0 Å². The lowest BCUT2D eigenvalue weighted by Crippen LogP contribution is -2.43. The number of aliphatic imine (C=N–C) groups is 1. The molecule has 1 unspecified atom stereocenters. The van der Waals surface area contributed by atoms with E-state index in [-0.39, 0.29) is 5.82 Å². The maximum atomic E-state index is 13.6. The van der Waals surface area contributed by atoms with Crippen LogP contribution in [0.25, 0.3) is 0 Å². The third-order valence-corrected chi connectivity index (χ3v) is 4.14. The van der Waals surface area contributed by atoms with Gasteiger partial charge in [-0.05, 0) is 48.9 Å². The van der Waals surface area contributed by atoms with Crippen LogP contribution in [0.3, 0.4) is 0 Å². The first kappa shape index (κ1) is 15.3. The van der Waals surface area contributed by atoms with Crippen LogP contribution >= 0.6 is 15.9 Å². The van der Waals surface area contributed by atoms with E-state index >= 15 is 0 Å². The molecule has 3 nitrogen and oxygen atoms in total. The minimum absolute atomic E-state index is 0.187. The molecule has 1 fully saturated rings. The summed E-state index contributed by atoms with van der Waals surface area (Å²) in [6, 6.07) is 4.97. The summed E-state index contributed by atoms with van der Waals surface area (Å²) in [7, 11) is 0. The Kier molecular flexibility index (Phi) is 5.40. The largest absolute Gasteiger partial charge is 0.370 e. The Hall–Kier alpha value is -1.10. The van der Waals surface area contributed by atoms with Gasteiger partial charge in [0.05, 0.1) is 0 Å². The van der Waals surface area contributed by atoms with Gasteiger partial charge in [0.1, 0.15) is 5.82 Å². The minimum atomic E-state index is -0.187. The number of guanidine groups is 1. The Morgan fingerprint density at radius 1 is 1.55 bits per heavy atom. The van der Waals surface area contributed by atoms with Gasteiger partial charge in [0.15, 0.2) is 5.96 Å². The number of rotatable bonds is 3. The first-order chi connectivity index (χ1) is 9.56. The van der Waals surface area contributed by atoms with Gasteiger partial charge in [0.25, 0.3) is 0 Å². The predicted octanol–water partition coefficient (Wildman–Crippen LogP) is 3.18. The number of hydrogen-bond acceptors (Lipinski definition) is 1. The number of nitrogens with zero attached hydrogens (tertiary/aromatic N) is 2. The molecule has 1 aliphatic rings. The van der Waals surface area contributed by atoms with Crippen molar-refractivity contribution in [1.29, 1.82) is 0 Å². The zero-order valence-electron chi connectivity index (χ0n) is 11.8. The van der Waals surface area contributed by atoms with Crippen molar-refractivity contribution in [1.82, 2.24) is 4.90 Å². The maximum absolute atomic E-state index is 13.6. The first-order valence-electron chi connectivity index (χ1n) is 7.05. The lowest BCUT2D eigenvalue weighted by molar-refractivity contribution is 0.270. The second-order valence-corrected chi connectivity index (χ2v) is 6.33. The van der Waals surface area contributed by atoms with Crippen LogP contribution in [0.1, 0.15) is 25.3 Å². The Bertz CT molecular complexity index is 490. The van der Waals surface area contributed by atoms with Crippen molar-refractivity contribution < 1.29 is 4.39 Å². The van der Waals surface area contributed by atoms with Crippen molar-refractivity contribution in [2.24, 2.45) is 16.6 Å². The summed E-state index contributed by atoms with van der Waals surface area (Å²) >= 11 is 3.35. The standard InChI is InChI=1S/C15H21BrFN3/c1-11-3-2-8-20(10-11)15(18)19-7-6-12-9-13(16)4-5-14(12)17/h4-5,9,11H,2-3,6-8,10H2,1H3,(H2,18,19). The van der Waals surface area contributed by atoms with Crippen LogP contribution in [0.4, 0.5) is 4.39 Å². The van der Waals surface area contributed by atoms with Crippen LogP contribution in [-0.4, -0.2) is 30.5 Å². The molecule has 1 saturated heterocycles. The van der Waals surface area contributed by atoms with Gasteiger partial charge >= 0.3 is 0 Å². The molecule has 2 N–H and O–H groups in total. The third kappa shape index (κ3) is 4.20. The van der Waals surface area contributed by atoms with Gasteiger partial charge in [-0.25, -0.2) is 4.39 Å². The Morgan fingerprint density at radius 2 is 2.35 bits per heavy atom. The molecular formula is C15H21BrFN3. The second kappa shape index (κ2) is 7.07. The van der Waals surface area contributed by atoms with Crippen molar-refractivity contribution in [2.75, 3.05) is 19.6 Å².